The predicted octanol–water partition coefficient (Wildman–Crippen LogP) is 3.18. The van der Waals surface area contributed by atoms with Crippen molar-refractivity contribution in [1.82, 2.24) is 0 Å². The van der Waals surface area contributed by atoms with E-state index in [2.05, 4.69) is 6.92 Å². The Labute approximate surface area is 144 Å². The molecular formula is C16H30O7S. The lowest BCUT2D eigenvalue weighted by Gasteiger charge is -2.20. The Morgan fingerprint density at radius 1 is 0.958 bits per heavy atom. The summed E-state index contributed by atoms with van der Waals surface area (Å²) in [6.07, 6.45) is 6.97. The predicted molar refractivity (Wildman–Crippen MR) is 90.4 cm³/mol. The molecule has 0 spiro atoms. The molecule has 0 aromatic heterocycles. The number of aliphatic carboxylic acids is 1. The van der Waals surface area contributed by atoms with E-state index in [1.165, 1.54) is 6.42 Å². The van der Waals surface area contributed by atoms with Gasteiger partial charge in [-0.1, -0.05) is 52.4 Å². The first-order valence-corrected chi connectivity index (χ1v) is 10.1. The van der Waals surface area contributed by atoms with Gasteiger partial charge in [0.25, 0.3) is 10.1 Å². The van der Waals surface area contributed by atoms with Crippen molar-refractivity contribution >= 4 is 22.1 Å². The maximum Gasteiger partial charge on any atom is 0.327 e. The number of hydrogen-bond donors (Lipinski definition) is 2. The summed E-state index contributed by atoms with van der Waals surface area (Å²) in [6.45, 7) is 4.05. The maximum absolute atomic E-state index is 12.0. The molecule has 0 aliphatic carbocycles. The van der Waals surface area contributed by atoms with Crippen LogP contribution < -0.4 is 0 Å². The van der Waals surface area contributed by atoms with Crippen LogP contribution in [0.25, 0.3) is 0 Å². The van der Waals surface area contributed by atoms with E-state index in [1.54, 1.807) is 0 Å². The van der Waals surface area contributed by atoms with E-state index in [-0.39, 0.29) is 0 Å². The summed E-state index contributed by atoms with van der Waals surface area (Å²) in [6, 6.07) is 0. The Hall–Kier alpha value is -1.15. The molecule has 8 heteroatoms. The summed E-state index contributed by atoms with van der Waals surface area (Å²) in [4.78, 5) is 22.6. The van der Waals surface area contributed by atoms with Crippen molar-refractivity contribution in [2.45, 2.75) is 89.4 Å². The largest absolute Gasteiger partial charge is 0.481 e. The van der Waals surface area contributed by atoms with Crippen molar-refractivity contribution in [3.8, 4) is 0 Å². The Balaban J connectivity index is 4.55. The number of esters is 1. The molecular weight excluding hydrogens is 336 g/mol. The van der Waals surface area contributed by atoms with E-state index in [9.17, 15) is 18.0 Å². The van der Waals surface area contributed by atoms with Crippen LogP contribution in [0.2, 0.25) is 0 Å². The molecule has 0 radical (unpaired) electrons. The number of ether oxygens (including phenoxy) is 1. The molecule has 0 saturated heterocycles. The molecule has 7 nitrogen and oxygen atoms in total. The van der Waals surface area contributed by atoms with Gasteiger partial charge in [-0.15, -0.1) is 0 Å². The highest BCUT2D eigenvalue weighted by molar-refractivity contribution is 7.87. The SMILES string of the molecule is CCCCCCCC[C@H](CCC)OC(=O)[C@H](CC(=O)O)S(=O)(=O)O. The fraction of sp³-hybridized carbons (Fsp3) is 0.875. The summed E-state index contributed by atoms with van der Waals surface area (Å²) < 4.78 is 36.6. The van der Waals surface area contributed by atoms with Crippen LogP contribution in [0, 0.1) is 0 Å². The van der Waals surface area contributed by atoms with Gasteiger partial charge >= 0.3 is 11.9 Å². The molecule has 2 N–H and O–H groups in total. The summed E-state index contributed by atoms with van der Waals surface area (Å²) in [5.41, 5.74) is 0. The quantitative estimate of drug-likeness (QED) is 0.275. The number of hydrogen-bond acceptors (Lipinski definition) is 5. The van der Waals surface area contributed by atoms with Gasteiger partial charge in [0.2, 0.25) is 0 Å². The summed E-state index contributed by atoms with van der Waals surface area (Å²) >= 11 is 0. The molecule has 0 fully saturated rings. The average molecular weight is 366 g/mol. The Morgan fingerprint density at radius 3 is 2.04 bits per heavy atom. The van der Waals surface area contributed by atoms with Crippen molar-refractivity contribution in [3.05, 3.63) is 0 Å². The highest BCUT2D eigenvalue weighted by Gasteiger charge is 2.36. The minimum atomic E-state index is -4.81. The highest BCUT2D eigenvalue weighted by atomic mass is 32.2. The zero-order chi connectivity index (χ0) is 18.6. The zero-order valence-corrected chi connectivity index (χ0v) is 15.4. The van der Waals surface area contributed by atoms with Crippen molar-refractivity contribution in [2.75, 3.05) is 0 Å². The molecule has 0 saturated carbocycles. The smallest absolute Gasteiger partial charge is 0.327 e. The Morgan fingerprint density at radius 2 is 1.54 bits per heavy atom. The maximum atomic E-state index is 12.0. The first kappa shape index (κ1) is 22.9. The van der Waals surface area contributed by atoms with Crippen LogP contribution in [-0.2, 0) is 24.4 Å². The van der Waals surface area contributed by atoms with Gasteiger partial charge in [-0.3, -0.25) is 14.1 Å². The van der Waals surface area contributed by atoms with Crippen LogP contribution in [0.5, 0.6) is 0 Å². The topological polar surface area (TPSA) is 118 Å². The van der Waals surface area contributed by atoms with Crippen LogP contribution in [0.3, 0.4) is 0 Å². The van der Waals surface area contributed by atoms with E-state index >= 15 is 0 Å². The number of carboxylic acid groups (broad SMARTS) is 1. The molecule has 0 aliphatic heterocycles. The van der Waals surface area contributed by atoms with Crippen LogP contribution in [0.4, 0.5) is 0 Å². The van der Waals surface area contributed by atoms with Crippen LogP contribution >= 0.6 is 0 Å². The van der Waals surface area contributed by atoms with Gasteiger partial charge in [-0.05, 0) is 19.3 Å². The van der Waals surface area contributed by atoms with Crippen molar-refractivity contribution < 1.29 is 32.4 Å². The Bertz CT molecular complexity index is 473. The van der Waals surface area contributed by atoms with E-state index in [4.69, 9.17) is 14.4 Å². The lowest BCUT2D eigenvalue weighted by molar-refractivity contribution is -0.152. The minimum absolute atomic E-state index is 0.452. The van der Waals surface area contributed by atoms with Crippen molar-refractivity contribution in [2.24, 2.45) is 0 Å². The molecule has 0 amide bonds. The van der Waals surface area contributed by atoms with Crippen molar-refractivity contribution in [3.63, 3.8) is 0 Å². The molecule has 0 bridgehead atoms. The number of rotatable bonds is 14. The fourth-order valence-electron chi connectivity index (χ4n) is 2.45. The summed E-state index contributed by atoms with van der Waals surface area (Å²) in [7, 11) is -4.81. The molecule has 0 heterocycles. The molecule has 0 unspecified atom stereocenters. The van der Waals surface area contributed by atoms with E-state index in [0.29, 0.717) is 12.8 Å². The lowest BCUT2D eigenvalue weighted by Crippen LogP contribution is -2.36. The van der Waals surface area contributed by atoms with E-state index in [1.807, 2.05) is 6.92 Å². The highest BCUT2D eigenvalue weighted by Crippen LogP contribution is 2.17. The zero-order valence-electron chi connectivity index (χ0n) is 14.6. The normalized spacial score (nSPS) is 14.1. The first-order chi connectivity index (χ1) is 11.2. The third-order valence-corrected chi connectivity index (χ3v) is 4.83. The number of carbonyl (C=O) groups is 2. The average Bonchev–Trinajstić information content (AvgIpc) is 2.47. The number of carbonyl (C=O) groups excluding carboxylic acids is 1. The van der Waals surface area contributed by atoms with Gasteiger partial charge in [0, 0.05) is 0 Å². The van der Waals surface area contributed by atoms with Crippen LogP contribution in [0.1, 0.15) is 78.1 Å². The van der Waals surface area contributed by atoms with Gasteiger partial charge in [-0.2, -0.15) is 8.42 Å². The molecule has 0 aliphatic rings. The van der Waals surface area contributed by atoms with Gasteiger partial charge in [-0.25, -0.2) is 0 Å². The second kappa shape index (κ2) is 12.2. The number of unbranched alkanes of at least 4 members (excludes halogenated alkanes) is 5. The van der Waals surface area contributed by atoms with E-state index in [0.717, 1.165) is 38.5 Å². The lowest BCUT2D eigenvalue weighted by atomic mass is 10.0. The third kappa shape index (κ3) is 10.6. The molecule has 2 atom stereocenters. The number of carboxylic acids is 1. The van der Waals surface area contributed by atoms with Gasteiger partial charge in [0.15, 0.2) is 5.25 Å². The van der Waals surface area contributed by atoms with Gasteiger partial charge in [0.05, 0.1) is 6.42 Å². The van der Waals surface area contributed by atoms with Gasteiger partial charge < -0.3 is 9.84 Å². The molecule has 0 aromatic rings. The fourth-order valence-corrected chi connectivity index (χ4v) is 3.10. The summed E-state index contributed by atoms with van der Waals surface area (Å²) in [5, 5.41) is 6.62. The second-order valence-corrected chi connectivity index (χ2v) is 7.60. The van der Waals surface area contributed by atoms with E-state index < -0.39 is 39.8 Å². The second-order valence-electron chi connectivity index (χ2n) is 6.01. The molecule has 0 aromatic carbocycles. The molecule has 0 rings (SSSR count). The third-order valence-electron chi connectivity index (χ3n) is 3.76. The minimum Gasteiger partial charge on any atom is -0.481 e. The molecule has 24 heavy (non-hydrogen) atoms. The molecule has 142 valence electrons. The van der Waals surface area contributed by atoms with Crippen molar-refractivity contribution in [1.29, 1.82) is 0 Å². The van der Waals surface area contributed by atoms with Crippen LogP contribution in [0.15, 0.2) is 0 Å². The summed E-state index contributed by atoms with van der Waals surface area (Å²) in [5.74, 6) is -2.68. The first-order valence-electron chi connectivity index (χ1n) is 8.60. The Kier molecular flexibility index (Phi) is 11.7. The standard InChI is InChI=1S/C16H30O7S/c1-3-5-6-7-8-9-11-13(10-4-2)23-16(19)14(12-15(17)18)24(20,21)22/h13-14H,3-12H2,1-2H3,(H,17,18)(H,20,21,22)/t13-,14-/m0/s1. The van der Waals surface area contributed by atoms with Gasteiger partial charge in [0.1, 0.15) is 6.10 Å². The van der Waals surface area contributed by atoms with Crippen LogP contribution in [-0.4, -0.2) is 41.4 Å². The monoisotopic (exact) mass is 366 g/mol.